The summed E-state index contributed by atoms with van der Waals surface area (Å²) in [6, 6.07) is 13.3. The lowest BCUT2D eigenvalue weighted by Crippen LogP contribution is -2.74. The Balaban J connectivity index is 1.38. The SMILES string of the molecule is C#CCN1C(=O)[C@H]2N(C(=O)[C@@H](O)[C@H](Cc3ccccc3)NC(=O)c3cccc4c3CCN4)CSC21C. The molecule has 3 heterocycles. The van der Waals surface area contributed by atoms with Crippen molar-refractivity contribution in [2.24, 2.45) is 0 Å². The van der Waals surface area contributed by atoms with Crippen LogP contribution >= 0.6 is 11.8 Å². The highest BCUT2D eigenvalue weighted by atomic mass is 32.2. The van der Waals surface area contributed by atoms with Gasteiger partial charge in [-0.2, -0.15) is 0 Å². The van der Waals surface area contributed by atoms with Crippen LogP contribution in [0.5, 0.6) is 0 Å². The molecule has 0 spiro atoms. The van der Waals surface area contributed by atoms with E-state index in [1.54, 1.807) is 11.0 Å². The zero-order chi connectivity index (χ0) is 25.4. The Morgan fingerprint density at radius 3 is 2.81 bits per heavy atom. The van der Waals surface area contributed by atoms with Crippen LogP contribution in [0.25, 0.3) is 0 Å². The van der Waals surface area contributed by atoms with E-state index >= 15 is 0 Å². The molecule has 1 unspecified atom stereocenters. The number of hydrogen-bond donors (Lipinski definition) is 3. The number of aliphatic hydroxyl groups is 1. The molecule has 8 nitrogen and oxygen atoms in total. The summed E-state index contributed by atoms with van der Waals surface area (Å²) in [6.07, 6.45) is 4.87. The zero-order valence-electron chi connectivity index (χ0n) is 19.9. The maximum absolute atomic E-state index is 13.5. The molecule has 3 aliphatic heterocycles. The number of hydrogen-bond acceptors (Lipinski definition) is 6. The van der Waals surface area contributed by atoms with Gasteiger partial charge in [-0.15, -0.1) is 18.2 Å². The highest BCUT2D eigenvalue weighted by Crippen LogP contribution is 2.50. The van der Waals surface area contributed by atoms with Gasteiger partial charge in [0.05, 0.1) is 18.5 Å². The van der Waals surface area contributed by atoms with E-state index in [9.17, 15) is 19.5 Å². The first-order valence-electron chi connectivity index (χ1n) is 11.9. The monoisotopic (exact) mass is 504 g/mol. The number of aliphatic hydroxyl groups excluding tert-OH is 1. The summed E-state index contributed by atoms with van der Waals surface area (Å²) in [5.74, 6) is 1.60. The molecule has 9 heteroatoms. The topological polar surface area (TPSA) is 102 Å². The lowest BCUT2D eigenvalue weighted by molar-refractivity contribution is -0.166. The quantitative estimate of drug-likeness (QED) is 0.390. The van der Waals surface area contributed by atoms with Crippen molar-refractivity contribution in [3.05, 3.63) is 65.2 Å². The number of thioether (sulfide) groups is 1. The molecule has 2 fully saturated rings. The number of rotatable bonds is 7. The number of amides is 3. The first-order chi connectivity index (χ1) is 17.3. The van der Waals surface area contributed by atoms with E-state index < -0.39 is 29.0 Å². The molecule has 0 aliphatic carbocycles. The van der Waals surface area contributed by atoms with Crippen LogP contribution in [-0.2, 0) is 22.4 Å². The minimum atomic E-state index is -1.53. The Morgan fingerprint density at radius 2 is 2.06 bits per heavy atom. The second-order valence-corrected chi connectivity index (χ2v) is 10.8. The van der Waals surface area contributed by atoms with Gasteiger partial charge < -0.3 is 25.5 Å². The van der Waals surface area contributed by atoms with Gasteiger partial charge in [0.2, 0.25) is 0 Å². The Labute approximate surface area is 214 Å². The van der Waals surface area contributed by atoms with Crippen molar-refractivity contribution in [3.8, 4) is 12.3 Å². The minimum Gasteiger partial charge on any atom is -0.384 e. The number of terminal acetylenes is 1. The molecular formula is C27H28N4O4S. The number of benzene rings is 2. The lowest BCUT2D eigenvalue weighted by atomic mass is 9.93. The van der Waals surface area contributed by atoms with Crippen LogP contribution in [0.15, 0.2) is 48.5 Å². The summed E-state index contributed by atoms with van der Waals surface area (Å²) in [4.78, 5) is 42.0. The fourth-order valence-corrected chi connectivity index (χ4v) is 6.68. The number of nitrogens with one attached hydrogen (secondary N) is 2. The molecule has 36 heavy (non-hydrogen) atoms. The molecular weight excluding hydrogens is 476 g/mol. The summed E-state index contributed by atoms with van der Waals surface area (Å²) >= 11 is 1.45. The highest BCUT2D eigenvalue weighted by Gasteiger charge is 2.65. The van der Waals surface area contributed by atoms with E-state index in [-0.39, 0.29) is 30.7 Å². The second-order valence-electron chi connectivity index (χ2n) is 9.39. The maximum atomic E-state index is 13.5. The van der Waals surface area contributed by atoms with Gasteiger partial charge in [-0.05, 0) is 43.0 Å². The van der Waals surface area contributed by atoms with E-state index in [2.05, 4.69) is 16.6 Å². The molecule has 3 aliphatic rings. The Hall–Kier alpha value is -3.48. The fraction of sp³-hybridized carbons (Fsp3) is 0.370. The number of fused-ring (bicyclic) bond motifs is 2. The number of carbonyl (C=O) groups is 3. The van der Waals surface area contributed by atoms with Gasteiger partial charge >= 0.3 is 0 Å². The first kappa shape index (κ1) is 24.2. The Bertz CT molecular complexity index is 1250. The van der Waals surface area contributed by atoms with E-state index in [0.29, 0.717) is 5.56 Å². The third kappa shape index (κ3) is 4.00. The van der Waals surface area contributed by atoms with Gasteiger partial charge in [0.1, 0.15) is 10.9 Å². The zero-order valence-corrected chi connectivity index (χ0v) is 20.8. The first-order valence-corrected chi connectivity index (χ1v) is 12.9. The van der Waals surface area contributed by atoms with Crippen LogP contribution < -0.4 is 10.6 Å². The largest absolute Gasteiger partial charge is 0.384 e. The second kappa shape index (κ2) is 9.52. The van der Waals surface area contributed by atoms with Crippen LogP contribution in [0.4, 0.5) is 5.69 Å². The van der Waals surface area contributed by atoms with Crippen molar-refractivity contribution in [1.82, 2.24) is 15.1 Å². The number of likely N-dealkylation sites (tertiary alicyclic amines) is 1. The average Bonchev–Trinajstić information content (AvgIpc) is 3.49. The van der Waals surface area contributed by atoms with Crippen LogP contribution in [0.3, 0.4) is 0 Å². The summed E-state index contributed by atoms with van der Waals surface area (Å²) in [5.41, 5.74) is 3.25. The number of β-lactam (4-membered cyclic amide) rings is 1. The molecule has 4 atom stereocenters. The molecule has 186 valence electrons. The van der Waals surface area contributed by atoms with E-state index in [1.165, 1.54) is 16.7 Å². The van der Waals surface area contributed by atoms with Crippen LogP contribution in [0, 0.1) is 12.3 Å². The number of carbonyl (C=O) groups excluding carboxylic acids is 3. The van der Waals surface area contributed by atoms with Crippen molar-refractivity contribution in [2.75, 3.05) is 24.3 Å². The third-order valence-electron chi connectivity index (χ3n) is 7.24. The van der Waals surface area contributed by atoms with Crippen LogP contribution in [-0.4, -0.2) is 74.7 Å². The Morgan fingerprint density at radius 1 is 1.28 bits per heavy atom. The molecule has 0 aromatic heterocycles. The molecule has 0 radical (unpaired) electrons. The third-order valence-corrected chi connectivity index (χ3v) is 8.68. The number of anilines is 1. The van der Waals surface area contributed by atoms with Crippen LogP contribution in [0.2, 0.25) is 0 Å². The lowest BCUT2D eigenvalue weighted by Gasteiger charge is -2.52. The predicted molar refractivity (Wildman–Crippen MR) is 138 cm³/mol. The molecule has 2 aromatic rings. The van der Waals surface area contributed by atoms with E-state index in [1.807, 2.05) is 49.4 Å². The van der Waals surface area contributed by atoms with Crippen molar-refractivity contribution in [2.45, 2.75) is 42.8 Å². The summed E-state index contributed by atoms with van der Waals surface area (Å²) in [6.45, 7) is 2.81. The molecule has 5 rings (SSSR count). The maximum Gasteiger partial charge on any atom is 0.255 e. The summed E-state index contributed by atoms with van der Waals surface area (Å²) in [7, 11) is 0. The van der Waals surface area contributed by atoms with Gasteiger partial charge in [-0.3, -0.25) is 14.4 Å². The van der Waals surface area contributed by atoms with E-state index in [4.69, 9.17) is 6.42 Å². The van der Waals surface area contributed by atoms with Gasteiger partial charge in [0.25, 0.3) is 17.7 Å². The van der Waals surface area contributed by atoms with Crippen LogP contribution in [0.1, 0.15) is 28.4 Å². The van der Waals surface area contributed by atoms with Crippen molar-refractivity contribution >= 4 is 35.2 Å². The minimum absolute atomic E-state index is 0.173. The van der Waals surface area contributed by atoms with Gasteiger partial charge in [-0.25, -0.2) is 0 Å². The smallest absolute Gasteiger partial charge is 0.255 e. The van der Waals surface area contributed by atoms with E-state index in [0.717, 1.165) is 29.8 Å². The molecule has 0 bridgehead atoms. The molecule has 0 saturated carbocycles. The predicted octanol–water partition coefficient (Wildman–Crippen LogP) is 1.45. The normalized spacial score (nSPS) is 23.6. The van der Waals surface area contributed by atoms with Gasteiger partial charge in [-0.1, -0.05) is 42.3 Å². The molecule has 2 aromatic carbocycles. The number of nitrogens with zero attached hydrogens (tertiary/aromatic N) is 2. The summed E-state index contributed by atoms with van der Waals surface area (Å²) < 4.78 is 0. The Kier molecular flexibility index (Phi) is 6.41. The molecule has 3 N–H and O–H groups in total. The van der Waals surface area contributed by atoms with Gasteiger partial charge in [0, 0.05) is 17.8 Å². The van der Waals surface area contributed by atoms with Gasteiger partial charge in [0.15, 0.2) is 6.10 Å². The molecule has 2 saturated heterocycles. The average molecular weight is 505 g/mol. The molecule has 3 amide bonds. The summed E-state index contributed by atoms with van der Waals surface area (Å²) in [5, 5.41) is 17.4. The van der Waals surface area contributed by atoms with Crippen molar-refractivity contribution < 1.29 is 19.5 Å². The highest BCUT2D eigenvalue weighted by molar-refractivity contribution is 8.01. The van der Waals surface area contributed by atoms with Crippen molar-refractivity contribution in [3.63, 3.8) is 0 Å². The standard InChI is InChI=1S/C27H28N4O4S/c1-3-14-31-26(35)23-27(31,2)36-16-30(23)25(34)22(32)21(15-17-8-5-4-6-9-17)29-24(33)19-10-7-11-20-18(19)12-13-28-20/h1,4-11,21-23,28,32H,12-16H2,2H3,(H,29,33)/t21-,22-,23+,27?/m0/s1. The fourth-order valence-electron chi connectivity index (χ4n) is 5.30. The van der Waals surface area contributed by atoms with Crippen molar-refractivity contribution in [1.29, 1.82) is 0 Å².